The number of anilines is 1. The molecule has 1 amide bonds. The van der Waals surface area contributed by atoms with Crippen molar-refractivity contribution in [2.24, 2.45) is 11.5 Å². The maximum atomic E-state index is 13.6. The molecule has 2 aromatic rings. The number of hydrogen-bond acceptors (Lipinski definition) is 5. The largest absolute Gasteiger partial charge is 0.365 e. The molecule has 1 aromatic carbocycles. The van der Waals surface area contributed by atoms with E-state index in [1.807, 2.05) is 13.8 Å². The summed E-state index contributed by atoms with van der Waals surface area (Å²) in [5.74, 6) is -0.244. The van der Waals surface area contributed by atoms with Crippen molar-refractivity contribution >= 4 is 22.6 Å². The van der Waals surface area contributed by atoms with E-state index in [4.69, 9.17) is 5.73 Å². The van der Waals surface area contributed by atoms with Gasteiger partial charge < -0.3 is 21.7 Å². The van der Waals surface area contributed by atoms with Crippen LogP contribution < -0.4 is 21.7 Å². The zero-order valence-corrected chi connectivity index (χ0v) is 19.2. The van der Waals surface area contributed by atoms with Crippen molar-refractivity contribution in [3.8, 4) is 0 Å². The monoisotopic (exact) mass is 433 g/mol. The molecule has 7 heteroatoms. The molecule has 6 nitrogen and oxygen atoms in total. The number of aromatic nitrogens is 1. The molecule has 5 N–H and O–H groups in total. The normalized spacial score (nSPS) is 17.4. The molecule has 174 valence electrons. The van der Waals surface area contributed by atoms with Gasteiger partial charge in [0.1, 0.15) is 11.6 Å². The zero-order valence-electron chi connectivity index (χ0n) is 19.2. The molecule has 4 rings (SSSR count). The Balaban J connectivity index is 0.000000971. The minimum absolute atomic E-state index is 0. The number of carbonyl (C=O) groups is 1. The van der Waals surface area contributed by atoms with Gasteiger partial charge in [-0.3, -0.25) is 4.79 Å². The third-order valence-electron chi connectivity index (χ3n) is 5.90. The maximum Gasteiger partial charge on any atom is 0.252 e. The second-order valence-corrected chi connectivity index (χ2v) is 7.82. The summed E-state index contributed by atoms with van der Waals surface area (Å²) in [4.78, 5) is 18.7. The van der Waals surface area contributed by atoms with Gasteiger partial charge in [-0.1, -0.05) is 33.1 Å². The molecule has 0 atom stereocenters. The second-order valence-electron chi connectivity index (χ2n) is 7.82. The van der Waals surface area contributed by atoms with Crippen molar-refractivity contribution in [2.45, 2.75) is 70.9 Å². The standard InChI is InChI=1S/C21H27FN4O.C2H6.CH5N.H2/c22-15-7-6-14-12-18(20(23)27)21(25-19(14)13-15)26-10-8-17(9-11-26)24-16-4-2-1-3-5-16;2*1-2;/h6-7,12-13,16-17,24H,1-5,8-11H2,(H2,23,27);1-2H3;2H2,1H3;1H. The number of pyridine rings is 1. The summed E-state index contributed by atoms with van der Waals surface area (Å²) in [6.45, 7) is 5.64. The third-order valence-corrected chi connectivity index (χ3v) is 5.90. The van der Waals surface area contributed by atoms with E-state index < -0.39 is 5.91 Å². The first kappa shape index (κ1) is 25.0. The summed E-state index contributed by atoms with van der Waals surface area (Å²) in [6, 6.07) is 7.30. The number of nitrogens with one attached hydrogen (secondary N) is 1. The summed E-state index contributed by atoms with van der Waals surface area (Å²) in [7, 11) is 1.50. The van der Waals surface area contributed by atoms with E-state index in [2.05, 4.69) is 20.9 Å². The quantitative estimate of drug-likeness (QED) is 0.671. The van der Waals surface area contributed by atoms with Gasteiger partial charge in [0.05, 0.1) is 11.1 Å². The van der Waals surface area contributed by atoms with Crippen LogP contribution in [0.15, 0.2) is 24.3 Å². The lowest BCUT2D eigenvalue weighted by molar-refractivity contribution is 0.100. The van der Waals surface area contributed by atoms with Crippen molar-refractivity contribution in [3.05, 3.63) is 35.6 Å². The molecule has 1 saturated heterocycles. The van der Waals surface area contributed by atoms with Crippen LogP contribution in [-0.2, 0) is 0 Å². The number of piperidine rings is 1. The number of hydrogen-bond donors (Lipinski definition) is 3. The van der Waals surface area contributed by atoms with Crippen LogP contribution >= 0.6 is 0 Å². The average molecular weight is 434 g/mol. The molecule has 2 fully saturated rings. The molecule has 0 bridgehead atoms. The lowest BCUT2D eigenvalue weighted by Crippen LogP contribution is -2.47. The molecular formula is C24H40FN5O. The van der Waals surface area contributed by atoms with Gasteiger partial charge in [0.15, 0.2) is 0 Å². The Hall–Kier alpha value is -2.25. The van der Waals surface area contributed by atoms with E-state index >= 15 is 0 Å². The van der Waals surface area contributed by atoms with Crippen LogP contribution in [0.1, 0.15) is 70.6 Å². The highest BCUT2D eigenvalue weighted by atomic mass is 19.1. The van der Waals surface area contributed by atoms with E-state index in [0.717, 1.165) is 31.3 Å². The first-order valence-corrected chi connectivity index (χ1v) is 11.6. The van der Waals surface area contributed by atoms with Crippen LogP contribution in [0.3, 0.4) is 0 Å². The van der Waals surface area contributed by atoms with Crippen LogP contribution in [-0.4, -0.2) is 43.1 Å². The van der Waals surface area contributed by atoms with Gasteiger partial charge in [0.2, 0.25) is 0 Å². The highest BCUT2D eigenvalue weighted by molar-refractivity contribution is 6.01. The van der Waals surface area contributed by atoms with Crippen LogP contribution in [0.4, 0.5) is 10.2 Å². The molecule has 1 aliphatic carbocycles. The summed E-state index contributed by atoms with van der Waals surface area (Å²) in [5.41, 5.74) is 11.1. The SMILES string of the molecule is CC.CN.NC(=O)c1cc2ccc(F)cc2nc1N1CCC(NC2CCCCC2)CC1.[HH]. The Kier molecular flexibility index (Phi) is 10.1. The Morgan fingerprint density at radius 1 is 1.06 bits per heavy atom. The fraction of sp³-hybridized carbons (Fsp3) is 0.583. The summed E-state index contributed by atoms with van der Waals surface area (Å²) in [5, 5.41) is 4.54. The number of benzene rings is 1. The van der Waals surface area contributed by atoms with Gasteiger partial charge in [-0.25, -0.2) is 9.37 Å². The first-order chi connectivity index (χ1) is 15.1. The zero-order chi connectivity index (χ0) is 22.8. The van der Waals surface area contributed by atoms with Gasteiger partial charge in [-0.05, 0) is 50.9 Å². The third kappa shape index (κ3) is 6.61. The number of rotatable bonds is 4. The highest BCUT2D eigenvalue weighted by Crippen LogP contribution is 2.27. The lowest BCUT2D eigenvalue weighted by Gasteiger charge is -2.36. The molecule has 1 aromatic heterocycles. The predicted octanol–water partition coefficient (Wildman–Crippen LogP) is 4.21. The maximum absolute atomic E-state index is 13.6. The van der Waals surface area contributed by atoms with Crippen molar-refractivity contribution in [2.75, 3.05) is 25.0 Å². The number of nitrogens with zero attached hydrogens (tertiary/aromatic N) is 2. The fourth-order valence-corrected chi connectivity index (χ4v) is 4.41. The predicted molar refractivity (Wildman–Crippen MR) is 129 cm³/mol. The van der Waals surface area contributed by atoms with Gasteiger partial charge in [0, 0.05) is 38.1 Å². The van der Waals surface area contributed by atoms with Gasteiger partial charge in [-0.15, -0.1) is 0 Å². The molecule has 0 radical (unpaired) electrons. The molecule has 2 heterocycles. The Morgan fingerprint density at radius 2 is 1.68 bits per heavy atom. The van der Waals surface area contributed by atoms with Crippen LogP contribution in [0.2, 0.25) is 0 Å². The summed E-state index contributed by atoms with van der Waals surface area (Å²) >= 11 is 0. The molecule has 31 heavy (non-hydrogen) atoms. The van der Waals surface area contributed by atoms with Crippen molar-refractivity contribution in [1.29, 1.82) is 0 Å². The fourth-order valence-electron chi connectivity index (χ4n) is 4.41. The molecule has 1 saturated carbocycles. The van der Waals surface area contributed by atoms with E-state index in [1.54, 1.807) is 12.1 Å². The second kappa shape index (κ2) is 12.6. The number of nitrogens with two attached hydrogens (primary N) is 2. The number of amides is 1. The van der Waals surface area contributed by atoms with E-state index in [0.29, 0.717) is 29.0 Å². The molecule has 1 aliphatic heterocycles. The van der Waals surface area contributed by atoms with Crippen LogP contribution in [0.5, 0.6) is 0 Å². The van der Waals surface area contributed by atoms with E-state index in [9.17, 15) is 9.18 Å². The van der Waals surface area contributed by atoms with Crippen LogP contribution in [0, 0.1) is 5.82 Å². The summed E-state index contributed by atoms with van der Waals surface area (Å²) < 4.78 is 13.6. The lowest BCUT2D eigenvalue weighted by atomic mass is 9.93. The number of primary amides is 1. The summed E-state index contributed by atoms with van der Waals surface area (Å²) in [6.07, 6.45) is 8.61. The van der Waals surface area contributed by atoms with E-state index in [1.165, 1.54) is 51.3 Å². The average Bonchev–Trinajstić information content (AvgIpc) is 2.82. The molecule has 2 aliphatic rings. The van der Waals surface area contributed by atoms with Crippen LogP contribution in [0.25, 0.3) is 10.9 Å². The van der Waals surface area contributed by atoms with Gasteiger partial charge in [0.25, 0.3) is 5.91 Å². The minimum Gasteiger partial charge on any atom is -0.365 e. The highest BCUT2D eigenvalue weighted by Gasteiger charge is 2.26. The number of halogens is 1. The molecular weight excluding hydrogens is 393 g/mol. The molecule has 0 spiro atoms. The van der Waals surface area contributed by atoms with E-state index in [-0.39, 0.29) is 7.24 Å². The van der Waals surface area contributed by atoms with Crippen molar-refractivity contribution in [3.63, 3.8) is 0 Å². The van der Waals surface area contributed by atoms with Gasteiger partial charge >= 0.3 is 0 Å². The van der Waals surface area contributed by atoms with Gasteiger partial charge in [-0.2, -0.15) is 0 Å². The molecule has 0 unspecified atom stereocenters. The number of carbonyl (C=O) groups excluding carboxylic acids is 1. The minimum atomic E-state index is -0.494. The topological polar surface area (TPSA) is 97.3 Å². The van der Waals surface area contributed by atoms with Crippen molar-refractivity contribution < 1.29 is 10.6 Å². The smallest absolute Gasteiger partial charge is 0.252 e. The number of fused-ring (bicyclic) bond motifs is 1. The Labute approximate surface area is 187 Å². The Morgan fingerprint density at radius 3 is 2.29 bits per heavy atom. The Bertz CT molecular complexity index is 836. The van der Waals surface area contributed by atoms with Crippen molar-refractivity contribution in [1.82, 2.24) is 10.3 Å². The first-order valence-electron chi connectivity index (χ1n) is 11.6.